The van der Waals surface area contributed by atoms with Gasteiger partial charge in [0, 0.05) is 31.6 Å². The van der Waals surface area contributed by atoms with Crippen molar-refractivity contribution in [3.63, 3.8) is 0 Å². The summed E-state index contributed by atoms with van der Waals surface area (Å²) >= 11 is 1.73. The summed E-state index contributed by atoms with van der Waals surface area (Å²) in [6, 6.07) is 8.43. The Morgan fingerprint density at radius 2 is 1.76 bits per heavy atom. The number of nitrogens with one attached hydrogen (secondary N) is 2. The van der Waals surface area contributed by atoms with Gasteiger partial charge in [0.05, 0.1) is 11.8 Å². The fourth-order valence-electron chi connectivity index (χ4n) is 4.78. The van der Waals surface area contributed by atoms with E-state index in [-0.39, 0.29) is 35.5 Å². The molecule has 1 aromatic carbocycles. The molecule has 0 spiro atoms. The number of fused-ring (bicyclic) bond motifs is 5. The topological polar surface area (TPSA) is 73.8 Å². The molecule has 3 aliphatic rings. The van der Waals surface area contributed by atoms with Crippen LogP contribution in [-0.4, -0.2) is 49.1 Å². The molecule has 154 valence electrons. The highest BCUT2D eigenvalue weighted by Crippen LogP contribution is 2.52. The molecule has 1 saturated heterocycles. The first-order chi connectivity index (χ1) is 14.1. The number of hydrogen-bond acceptors (Lipinski definition) is 4. The molecule has 4 atom stereocenters. The lowest BCUT2D eigenvalue weighted by Gasteiger charge is -2.18. The molecule has 2 aliphatic carbocycles. The van der Waals surface area contributed by atoms with Crippen molar-refractivity contribution in [3.05, 3.63) is 42.0 Å². The normalized spacial score (nSPS) is 27.7. The summed E-state index contributed by atoms with van der Waals surface area (Å²) < 4.78 is 0. The molecule has 1 aliphatic heterocycles. The van der Waals surface area contributed by atoms with Crippen LogP contribution in [0.5, 0.6) is 0 Å². The molecule has 1 aromatic rings. The molecule has 1 heterocycles. The number of allylic oxidation sites excluding steroid dienone is 2. The lowest BCUT2D eigenvalue weighted by Crippen LogP contribution is -2.39. The van der Waals surface area contributed by atoms with Crippen molar-refractivity contribution < 1.29 is 9.59 Å². The number of benzene rings is 1. The van der Waals surface area contributed by atoms with Gasteiger partial charge in [-0.05, 0) is 48.6 Å². The van der Waals surface area contributed by atoms with Crippen molar-refractivity contribution in [2.45, 2.75) is 24.3 Å². The van der Waals surface area contributed by atoms with Crippen LogP contribution >= 0.6 is 11.8 Å². The van der Waals surface area contributed by atoms with Gasteiger partial charge in [0.1, 0.15) is 0 Å². The van der Waals surface area contributed by atoms with E-state index in [2.05, 4.69) is 58.3 Å². The number of guanidine groups is 1. The first kappa shape index (κ1) is 20.0. The minimum atomic E-state index is -0.0996. The van der Waals surface area contributed by atoms with Crippen LogP contribution in [0.3, 0.4) is 0 Å². The Labute approximate surface area is 176 Å². The van der Waals surface area contributed by atoms with E-state index < -0.39 is 0 Å². The van der Waals surface area contributed by atoms with Gasteiger partial charge in [-0.3, -0.25) is 19.5 Å². The van der Waals surface area contributed by atoms with Gasteiger partial charge < -0.3 is 10.6 Å². The zero-order valence-corrected chi connectivity index (χ0v) is 17.7. The van der Waals surface area contributed by atoms with Crippen LogP contribution in [0, 0.1) is 23.7 Å². The highest BCUT2D eigenvalue weighted by molar-refractivity contribution is 7.98. The molecule has 7 heteroatoms. The third kappa shape index (κ3) is 3.92. The molecule has 29 heavy (non-hydrogen) atoms. The largest absolute Gasteiger partial charge is 0.356 e. The lowest BCUT2D eigenvalue weighted by atomic mass is 9.85. The highest BCUT2D eigenvalue weighted by atomic mass is 32.2. The maximum atomic E-state index is 12.7. The molecular formula is C22H28N4O2S. The number of nitrogens with zero attached hydrogens (tertiary/aromatic N) is 2. The summed E-state index contributed by atoms with van der Waals surface area (Å²) in [6.45, 7) is 1.82. The minimum absolute atomic E-state index is 0.0352. The molecule has 0 aromatic heterocycles. The number of carbonyl (C=O) groups is 2. The monoisotopic (exact) mass is 412 g/mol. The molecule has 2 N–H and O–H groups in total. The van der Waals surface area contributed by atoms with Crippen molar-refractivity contribution in [3.8, 4) is 0 Å². The van der Waals surface area contributed by atoms with Gasteiger partial charge in [-0.1, -0.05) is 24.3 Å². The third-order valence-corrected chi connectivity index (χ3v) is 7.00. The van der Waals surface area contributed by atoms with Crippen molar-refractivity contribution in [1.29, 1.82) is 0 Å². The predicted molar refractivity (Wildman–Crippen MR) is 115 cm³/mol. The van der Waals surface area contributed by atoms with Crippen molar-refractivity contribution in [1.82, 2.24) is 15.5 Å². The maximum absolute atomic E-state index is 12.7. The van der Waals surface area contributed by atoms with E-state index in [9.17, 15) is 9.59 Å². The van der Waals surface area contributed by atoms with E-state index in [4.69, 9.17) is 0 Å². The number of hydrogen-bond donors (Lipinski definition) is 2. The van der Waals surface area contributed by atoms with Crippen LogP contribution in [0.4, 0.5) is 0 Å². The Morgan fingerprint density at radius 1 is 1.10 bits per heavy atom. The Hall–Kier alpha value is -2.28. The number of amides is 2. The fourth-order valence-corrected chi connectivity index (χ4v) is 5.19. The van der Waals surface area contributed by atoms with Crippen LogP contribution < -0.4 is 10.6 Å². The third-order valence-electron chi connectivity index (χ3n) is 6.26. The number of carbonyl (C=O) groups excluding carboxylic acids is 2. The SMILES string of the molecule is CN=C(NCCCN1C(=O)C2C3C=CC(C3)C2C1=O)NCc1ccc(SC)cc1. The smallest absolute Gasteiger partial charge is 0.233 e. The number of aliphatic imine (C=N–C) groups is 1. The van der Waals surface area contributed by atoms with Gasteiger partial charge in [0.15, 0.2) is 5.96 Å². The standard InChI is InChI=1S/C22H28N4O2S/c1-23-22(25-13-14-4-8-17(29-2)9-5-14)24-10-3-11-26-20(27)18-15-6-7-16(12-15)19(18)21(26)28/h4-9,15-16,18-19H,3,10-13H2,1-2H3,(H2,23,24,25). The van der Waals surface area contributed by atoms with Gasteiger partial charge in [0.25, 0.3) is 0 Å². The van der Waals surface area contributed by atoms with Gasteiger partial charge in [-0.15, -0.1) is 11.8 Å². The maximum Gasteiger partial charge on any atom is 0.233 e. The lowest BCUT2D eigenvalue weighted by molar-refractivity contribution is -0.140. The molecule has 2 fully saturated rings. The first-order valence-electron chi connectivity index (χ1n) is 10.2. The number of rotatable bonds is 7. The van der Waals surface area contributed by atoms with Gasteiger partial charge in [-0.25, -0.2) is 0 Å². The van der Waals surface area contributed by atoms with Gasteiger partial charge in [0.2, 0.25) is 11.8 Å². The van der Waals surface area contributed by atoms with E-state index in [1.54, 1.807) is 18.8 Å². The van der Waals surface area contributed by atoms with Crippen LogP contribution in [0.25, 0.3) is 0 Å². The van der Waals surface area contributed by atoms with Crippen LogP contribution in [0.2, 0.25) is 0 Å². The zero-order valence-electron chi connectivity index (χ0n) is 16.9. The van der Waals surface area contributed by atoms with E-state index in [1.165, 1.54) is 15.4 Å². The van der Waals surface area contributed by atoms with Gasteiger partial charge >= 0.3 is 0 Å². The molecule has 4 unspecified atom stereocenters. The Kier molecular flexibility index (Phi) is 5.94. The van der Waals surface area contributed by atoms with Crippen molar-refractivity contribution in [2.75, 3.05) is 26.4 Å². The highest BCUT2D eigenvalue weighted by Gasteiger charge is 2.58. The summed E-state index contributed by atoms with van der Waals surface area (Å²) in [5, 5.41) is 6.57. The first-order valence-corrected chi connectivity index (χ1v) is 11.5. The quantitative estimate of drug-likeness (QED) is 0.179. The molecule has 0 radical (unpaired) electrons. The van der Waals surface area contributed by atoms with Crippen LogP contribution in [0.1, 0.15) is 18.4 Å². The number of thioether (sulfide) groups is 1. The Bertz CT molecular complexity index is 806. The second kappa shape index (κ2) is 8.61. The molecular weight excluding hydrogens is 384 g/mol. The molecule has 2 bridgehead atoms. The van der Waals surface area contributed by atoms with E-state index in [0.717, 1.165) is 12.4 Å². The average molecular weight is 413 g/mol. The molecule has 2 amide bonds. The number of likely N-dealkylation sites (tertiary alicyclic amines) is 1. The second-order valence-corrected chi connectivity index (χ2v) is 8.76. The summed E-state index contributed by atoms with van der Waals surface area (Å²) in [7, 11) is 1.74. The average Bonchev–Trinajstić information content (AvgIpc) is 3.43. The minimum Gasteiger partial charge on any atom is -0.356 e. The summed E-state index contributed by atoms with van der Waals surface area (Å²) in [5.74, 6) is 1.14. The molecule has 4 rings (SSSR count). The Morgan fingerprint density at radius 3 is 2.34 bits per heavy atom. The van der Waals surface area contributed by atoms with E-state index >= 15 is 0 Å². The van der Waals surface area contributed by atoms with Crippen LogP contribution in [-0.2, 0) is 16.1 Å². The predicted octanol–water partition coefficient (Wildman–Crippen LogP) is 2.27. The summed E-state index contributed by atoms with van der Waals surface area (Å²) in [6.07, 6.45) is 8.02. The zero-order chi connectivity index (χ0) is 20.4. The van der Waals surface area contributed by atoms with Crippen molar-refractivity contribution >= 4 is 29.5 Å². The fraction of sp³-hybridized carbons (Fsp3) is 0.500. The second-order valence-electron chi connectivity index (χ2n) is 7.88. The van der Waals surface area contributed by atoms with Crippen molar-refractivity contribution in [2.24, 2.45) is 28.7 Å². The van der Waals surface area contributed by atoms with Gasteiger partial charge in [-0.2, -0.15) is 0 Å². The molecule has 1 saturated carbocycles. The molecule has 6 nitrogen and oxygen atoms in total. The summed E-state index contributed by atoms with van der Waals surface area (Å²) in [4.78, 5) is 32.4. The van der Waals surface area contributed by atoms with E-state index in [1.807, 2.05) is 0 Å². The summed E-state index contributed by atoms with van der Waals surface area (Å²) in [5.41, 5.74) is 1.19. The van der Waals surface area contributed by atoms with E-state index in [0.29, 0.717) is 26.1 Å². The Balaban J connectivity index is 1.20. The van der Waals surface area contributed by atoms with Crippen LogP contribution in [0.15, 0.2) is 46.3 Å². The number of imide groups is 1.